The van der Waals surface area contributed by atoms with Gasteiger partial charge in [-0.2, -0.15) is 0 Å². The second-order valence-corrected chi connectivity index (χ2v) is 6.17. The van der Waals surface area contributed by atoms with Crippen molar-refractivity contribution < 1.29 is 0 Å². The molecule has 0 N–H and O–H groups in total. The Morgan fingerprint density at radius 1 is 0.857 bits per heavy atom. The van der Waals surface area contributed by atoms with Crippen LogP contribution in [0.3, 0.4) is 0 Å². The first-order chi connectivity index (χ1) is 6.71. The summed E-state index contributed by atoms with van der Waals surface area (Å²) in [6.07, 6.45) is 13.6. The molecule has 82 valence electrons. The van der Waals surface area contributed by atoms with Crippen molar-refractivity contribution in [3.05, 3.63) is 0 Å². The standard InChI is InChI=1S/C14H26/c1-12-6-5-10-14(2,11-9-12)13-7-3-4-8-13/h12-13H,3-11H2,1-2H3. The summed E-state index contributed by atoms with van der Waals surface area (Å²) in [4.78, 5) is 0. The van der Waals surface area contributed by atoms with Gasteiger partial charge in [-0.3, -0.25) is 0 Å². The normalized spacial score (nSPS) is 41.1. The van der Waals surface area contributed by atoms with Crippen molar-refractivity contribution in [2.45, 2.75) is 71.6 Å². The van der Waals surface area contributed by atoms with Crippen molar-refractivity contribution in [3.63, 3.8) is 0 Å². The van der Waals surface area contributed by atoms with E-state index >= 15 is 0 Å². The first-order valence-electron chi connectivity index (χ1n) is 6.71. The van der Waals surface area contributed by atoms with E-state index in [4.69, 9.17) is 0 Å². The van der Waals surface area contributed by atoms with Gasteiger partial charge in [-0.05, 0) is 42.9 Å². The van der Waals surface area contributed by atoms with Crippen LogP contribution in [0.25, 0.3) is 0 Å². The van der Waals surface area contributed by atoms with E-state index in [1.165, 1.54) is 57.8 Å². The molecule has 0 spiro atoms. The van der Waals surface area contributed by atoms with E-state index < -0.39 is 0 Å². The minimum absolute atomic E-state index is 0.723. The summed E-state index contributed by atoms with van der Waals surface area (Å²) in [5.41, 5.74) is 0.723. The summed E-state index contributed by atoms with van der Waals surface area (Å²) in [7, 11) is 0. The Hall–Kier alpha value is 0. The molecule has 0 aromatic carbocycles. The molecule has 0 saturated heterocycles. The maximum atomic E-state index is 2.58. The first kappa shape index (κ1) is 10.5. The third-order valence-electron chi connectivity index (χ3n) is 4.99. The summed E-state index contributed by atoms with van der Waals surface area (Å²) in [6, 6.07) is 0. The molecule has 0 aromatic rings. The lowest BCUT2D eigenvalue weighted by Gasteiger charge is -2.35. The van der Waals surface area contributed by atoms with E-state index in [9.17, 15) is 0 Å². The third kappa shape index (κ3) is 2.15. The van der Waals surface area contributed by atoms with E-state index in [0.29, 0.717) is 0 Å². The van der Waals surface area contributed by atoms with Crippen molar-refractivity contribution in [1.82, 2.24) is 0 Å². The zero-order valence-electron chi connectivity index (χ0n) is 10.0. The van der Waals surface area contributed by atoms with Gasteiger partial charge in [0.05, 0.1) is 0 Å². The van der Waals surface area contributed by atoms with Crippen LogP contribution in [-0.2, 0) is 0 Å². The lowest BCUT2D eigenvalue weighted by Crippen LogP contribution is -2.24. The van der Waals surface area contributed by atoms with Crippen LogP contribution < -0.4 is 0 Å². The highest BCUT2D eigenvalue weighted by Crippen LogP contribution is 2.48. The Balaban J connectivity index is 1.98. The summed E-state index contributed by atoms with van der Waals surface area (Å²) >= 11 is 0. The molecule has 0 bridgehead atoms. The van der Waals surface area contributed by atoms with Crippen LogP contribution in [-0.4, -0.2) is 0 Å². The molecule has 0 aliphatic heterocycles. The predicted molar refractivity (Wildman–Crippen MR) is 62.3 cm³/mol. The average Bonchev–Trinajstić information content (AvgIpc) is 2.63. The SMILES string of the molecule is CC1CCCC(C)(C2CCCC2)CC1. The van der Waals surface area contributed by atoms with Crippen molar-refractivity contribution in [1.29, 1.82) is 0 Å². The monoisotopic (exact) mass is 194 g/mol. The van der Waals surface area contributed by atoms with E-state index in [0.717, 1.165) is 17.3 Å². The molecule has 0 heterocycles. The number of hydrogen-bond acceptors (Lipinski definition) is 0. The lowest BCUT2D eigenvalue weighted by molar-refractivity contribution is 0.158. The fourth-order valence-electron chi connectivity index (χ4n) is 3.73. The quantitative estimate of drug-likeness (QED) is 0.527. The zero-order valence-corrected chi connectivity index (χ0v) is 10.0. The number of rotatable bonds is 1. The lowest BCUT2D eigenvalue weighted by atomic mass is 9.70. The average molecular weight is 194 g/mol. The molecule has 0 radical (unpaired) electrons. The molecule has 0 nitrogen and oxygen atoms in total. The molecule has 0 amide bonds. The molecular formula is C14H26. The Morgan fingerprint density at radius 2 is 1.57 bits per heavy atom. The predicted octanol–water partition coefficient (Wildman–Crippen LogP) is 4.78. The van der Waals surface area contributed by atoms with E-state index in [1.54, 1.807) is 0 Å². The van der Waals surface area contributed by atoms with Crippen LogP contribution in [0.2, 0.25) is 0 Å². The molecule has 14 heavy (non-hydrogen) atoms. The Labute approximate surface area is 89.5 Å². The van der Waals surface area contributed by atoms with Gasteiger partial charge in [-0.15, -0.1) is 0 Å². The minimum Gasteiger partial charge on any atom is -0.0625 e. The summed E-state index contributed by atoms with van der Waals surface area (Å²) in [5.74, 6) is 2.08. The maximum absolute atomic E-state index is 2.58. The van der Waals surface area contributed by atoms with Gasteiger partial charge >= 0.3 is 0 Å². The van der Waals surface area contributed by atoms with Gasteiger partial charge in [0, 0.05) is 0 Å². The molecule has 0 heteroatoms. The van der Waals surface area contributed by atoms with Crippen LogP contribution in [0.5, 0.6) is 0 Å². The summed E-state index contributed by atoms with van der Waals surface area (Å²) in [5, 5.41) is 0. The van der Waals surface area contributed by atoms with Gasteiger partial charge in [0.1, 0.15) is 0 Å². The second-order valence-electron chi connectivity index (χ2n) is 6.17. The smallest absolute Gasteiger partial charge is 0.0297 e. The Kier molecular flexibility index (Phi) is 3.19. The highest BCUT2D eigenvalue weighted by atomic mass is 14.4. The van der Waals surface area contributed by atoms with E-state index in [1.807, 2.05) is 0 Å². The summed E-state index contributed by atoms with van der Waals surface area (Å²) in [6.45, 7) is 5.03. The van der Waals surface area contributed by atoms with Crippen molar-refractivity contribution in [2.24, 2.45) is 17.3 Å². The maximum Gasteiger partial charge on any atom is -0.0297 e. The first-order valence-corrected chi connectivity index (χ1v) is 6.71. The number of hydrogen-bond donors (Lipinski definition) is 0. The van der Waals surface area contributed by atoms with Crippen LogP contribution in [0.1, 0.15) is 71.6 Å². The molecule has 2 unspecified atom stereocenters. The van der Waals surface area contributed by atoms with Crippen LogP contribution >= 0.6 is 0 Å². The molecule has 2 rings (SSSR count). The van der Waals surface area contributed by atoms with Gasteiger partial charge in [-0.1, -0.05) is 46.0 Å². The molecule has 2 atom stereocenters. The van der Waals surface area contributed by atoms with Crippen molar-refractivity contribution >= 4 is 0 Å². The summed E-state index contributed by atoms with van der Waals surface area (Å²) < 4.78 is 0. The van der Waals surface area contributed by atoms with Crippen LogP contribution in [0, 0.1) is 17.3 Å². The van der Waals surface area contributed by atoms with Gasteiger partial charge < -0.3 is 0 Å². The van der Waals surface area contributed by atoms with Gasteiger partial charge in [0.25, 0.3) is 0 Å². The second kappa shape index (κ2) is 4.24. The fraction of sp³-hybridized carbons (Fsp3) is 1.00. The highest BCUT2D eigenvalue weighted by molar-refractivity contribution is 4.87. The Morgan fingerprint density at radius 3 is 2.29 bits per heavy atom. The van der Waals surface area contributed by atoms with Crippen LogP contribution in [0.15, 0.2) is 0 Å². The highest BCUT2D eigenvalue weighted by Gasteiger charge is 2.36. The van der Waals surface area contributed by atoms with E-state index in [-0.39, 0.29) is 0 Å². The molecule has 2 aliphatic carbocycles. The largest absolute Gasteiger partial charge is 0.0625 e. The molecule has 0 aromatic heterocycles. The molecule has 2 saturated carbocycles. The van der Waals surface area contributed by atoms with Crippen molar-refractivity contribution in [2.75, 3.05) is 0 Å². The third-order valence-corrected chi connectivity index (χ3v) is 4.99. The van der Waals surface area contributed by atoms with E-state index in [2.05, 4.69) is 13.8 Å². The minimum atomic E-state index is 0.723. The molecular weight excluding hydrogens is 168 g/mol. The molecule has 2 fully saturated rings. The van der Waals surface area contributed by atoms with Crippen molar-refractivity contribution in [3.8, 4) is 0 Å². The van der Waals surface area contributed by atoms with Gasteiger partial charge in [-0.25, -0.2) is 0 Å². The fourth-order valence-corrected chi connectivity index (χ4v) is 3.73. The van der Waals surface area contributed by atoms with Gasteiger partial charge in [0.15, 0.2) is 0 Å². The Bertz CT molecular complexity index is 178. The van der Waals surface area contributed by atoms with Crippen LogP contribution in [0.4, 0.5) is 0 Å². The zero-order chi connectivity index (χ0) is 10.0. The topological polar surface area (TPSA) is 0 Å². The molecule has 2 aliphatic rings. The van der Waals surface area contributed by atoms with Gasteiger partial charge in [0.2, 0.25) is 0 Å².